The second kappa shape index (κ2) is 6.98. The number of nitrogens with zero attached hydrogens (tertiary/aromatic N) is 1. The van der Waals surface area contributed by atoms with E-state index in [1.807, 2.05) is 6.92 Å². The molecule has 0 amide bonds. The molecule has 19 heavy (non-hydrogen) atoms. The fraction of sp³-hybridized carbons (Fsp3) is 0.500. The van der Waals surface area contributed by atoms with Gasteiger partial charge in [-0.25, -0.2) is 8.78 Å². The van der Waals surface area contributed by atoms with Gasteiger partial charge in [-0.1, -0.05) is 6.92 Å². The number of hydrogen-bond donors (Lipinski definition) is 1. The molecule has 0 aliphatic carbocycles. The lowest BCUT2D eigenvalue weighted by atomic mass is 10.1. The van der Waals surface area contributed by atoms with Crippen molar-refractivity contribution in [1.29, 1.82) is 0 Å². The zero-order valence-corrected chi connectivity index (χ0v) is 10.7. The minimum Gasteiger partial charge on any atom is -0.383 e. The van der Waals surface area contributed by atoms with E-state index in [2.05, 4.69) is 5.32 Å². The molecule has 106 valence electrons. The molecule has 0 saturated heterocycles. The van der Waals surface area contributed by atoms with Gasteiger partial charge in [-0.15, -0.1) is 0 Å². The van der Waals surface area contributed by atoms with Crippen molar-refractivity contribution < 1.29 is 18.4 Å². The van der Waals surface area contributed by atoms with Crippen molar-refractivity contribution in [3.63, 3.8) is 0 Å². The number of halogens is 2. The summed E-state index contributed by atoms with van der Waals surface area (Å²) < 4.78 is 30.8. The highest BCUT2D eigenvalue weighted by Crippen LogP contribution is 2.31. The number of ether oxygens (including phenoxy) is 1. The van der Waals surface area contributed by atoms with Gasteiger partial charge in [-0.2, -0.15) is 0 Å². The molecular formula is C12H16F2N2O3. The molecule has 0 spiro atoms. The monoisotopic (exact) mass is 274 g/mol. The summed E-state index contributed by atoms with van der Waals surface area (Å²) >= 11 is 0. The second-order valence-electron chi connectivity index (χ2n) is 4.03. The number of anilines is 1. The summed E-state index contributed by atoms with van der Waals surface area (Å²) in [6.07, 6.45) is -2.09. The molecule has 1 unspecified atom stereocenters. The fourth-order valence-corrected chi connectivity index (χ4v) is 1.66. The summed E-state index contributed by atoms with van der Waals surface area (Å²) in [7, 11) is 1.52. The topological polar surface area (TPSA) is 64.4 Å². The van der Waals surface area contributed by atoms with Gasteiger partial charge in [-0.05, 0) is 12.5 Å². The van der Waals surface area contributed by atoms with Crippen LogP contribution in [0.4, 0.5) is 20.2 Å². The molecule has 0 aliphatic heterocycles. The molecule has 0 aromatic heterocycles. The first-order valence-electron chi connectivity index (χ1n) is 5.81. The van der Waals surface area contributed by atoms with E-state index in [1.54, 1.807) is 0 Å². The van der Waals surface area contributed by atoms with Crippen LogP contribution < -0.4 is 5.32 Å². The molecule has 1 aromatic rings. The lowest BCUT2D eigenvalue weighted by Crippen LogP contribution is -2.24. The maximum Gasteiger partial charge on any atom is 0.270 e. The Kier molecular flexibility index (Phi) is 5.62. The van der Waals surface area contributed by atoms with E-state index < -0.39 is 11.3 Å². The van der Waals surface area contributed by atoms with Crippen LogP contribution in [0, 0.1) is 10.1 Å². The van der Waals surface area contributed by atoms with Crippen molar-refractivity contribution in [2.24, 2.45) is 0 Å². The van der Waals surface area contributed by atoms with Gasteiger partial charge in [0.25, 0.3) is 12.1 Å². The summed E-state index contributed by atoms with van der Waals surface area (Å²) in [6, 6.07) is 3.28. The number of benzene rings is 1. The predicted molar refractivity (Wildman–Crippen MR) is 67.6 cm³/mol. The number of nitrogens with one attached hydrogen (secondary N) is 1. The van der Waals surface area contributed by atoms with Crippen molar-refractivity contribution in [1.82, 2.24) is 0 Å². The zero-order chi connectivity index (χ0) is 14.4. The van der Waals surface area contributed by atoms with E-state index in [4.69, 9.17) is 4.74 Å². The molecular weight excluding hydrogens is 258 g/mol. The minimum atomic E-state index is -2.78. The SMILES string of the molecule is CCC(COC)Nc1ccc([N+](=O)[O-])cc1C(F)F. The van der Waals surface area contributed by atoms with E-state index in [9.17, 15) is 18.9 Å². The lowest BCUT2D eigenvalue weighted by molar-refractivity contribution is -0.385. The smallest absolute Gasteiger partial charge is 0.270 e. The number of hydrogen-bond acceptors (Lipinski definition) is 4. The first-order valence-corrected chi connectivity index (χ1v) is 5.81. The van der Waals surface area contributed by atoms with Gasteiger partial charge in [0.2, 0.25) is 0 Å². The Hall–Kier alpha value is -1.76. The van der Waals surface area contributed by atoms with Crippen molar-refractivity contribution in [3.8, 4) is 0 Å². The summed E-state index contributed by atoms with van der Waals surface area (Å²) in [5.41, 5.74) is -0.520. The van der Waals surface area contributed by atoms with Crippen LogP contribution in [0.15, 0.2) is 18.2 Å². The highest BCUT2D eigenvalue weighted by atomic mass is 19.3. The van der Waals surface area contributed by atoms with Crippen molar-refractivity contribution in [2.45, 2.75) is 25.8 Å². The first kappa shape index (κ1) is 15.3. The third-order valence-electron chi connectivity index (χ3n) is 2.70. The molecule has 0 saturated carbocycles. The van der Waals surface area contributed by atoms with Crippen LogP contribution in [0.25, 0.3) is 0 Å². The first-order chi connectivity index (χ1) is 8.99. The Balaban J connectivity index is 3.02. The van der Waals surface area contributed by atoms with Crippen molar-refractivity contribution in [3.05, 3.63) is 33.9 Å². The van der Waals surface area contributed by atoms with Crippen LogP contribution in [-0.2, 0) is 4.74 Å². The van der Waals surface area contributed by atoms with Crippen LogP contribution in [-0.4, -0.2) is 24.7 Å². The van der Waals surface area contributed by atoms with Gasteiger partial charge in [0.15, 0.2) is 0 Å². The van der Waals surface area contributed by atoms with Crippen molar-refractivity contribution >= 4 is 11.4 Å². The van der Waals surface area contributed by atoms with Gasteiger partial charge < -0.3 is 10.1 Å². The minimum absolute atomic E-state index is 0.121. The quantitative estimate of drug-likeness (QED) is 0.611. The molecule has 0 heterocycles. The second-order valence-corrected chi connectivity index (χ2v) is 4.03. The third-order valence-corrected chi connectivity index (χ3v) is 2.70. The number of non-ortho nitro benzene ring substituents is 1. The van der Waals surface area contributed by atoms with E-state index in [0.29, 0.717) is 13.0 Å². The zero-order valence-electron chi connectivity index (χ0n) is 10.7. The van der Waals surface area contributed by atoms with Gasteiger partial charge in [0, 0.05) is 36.5 Å². The van der Waals surface area contributed by atoms with Crippen LogP contribution in [0.5, 0.6) is 0 Å². The highest BCUT2D eigenvalue weighted by molar-refractivity contribution is 5.57. The summed E-state index contributed by atoms with van der Waals surface area (Å²) in [4.78, 5) is 9.90. The summed E-state index contributed by atoms with van der Waals surface area (Å²) in [6.45, 7) is 2.26. The number of nitro benzene ring substituents is 1. The van der Waals surface area contributed by atoms with Gasteiger partial charge in [0.05, 0.1) is 11.5 Å². The standard InChI is InChI=1S/C12H16F2N2O3/c1-3-8(7-19-2)15-11-5-4-9(16(17)18)6-10(11)12(13)14/h4-6,8,12,15H,3,7H2,1-2H3. The Bertz CT molecular complexity index is 441. The van der Waals surface area contributed by atoms with Gasteiger partial charge in [-0.3, -0.25) is 10.1 Å². The molecule has 1 atom stereocenters. The number of alkyl halides is 2. The number of methoxy groups -OCH3 is 1. The molecule has 7 heteroatoms. The maximum absolute atomic E-state index is 12.9. The van der Waals surface area contributed by atoms with Crippen LogP contribution in [0.1, 0.15) is 25.3 Å². The van der Waals surface area contributed by atoms with E-state index in [0.717, 1.165) is 6.07 Å². The lowest BCUT2D eigenvalue weighted by Gasteiger charge is -2.19. The van der Waals surface area contributed by atoms with Gasteiger partial charge in [0.1, 0.15) is 0 Å². The Labute approximate surface area is 109 Å². The average Bonchev–Trinajstić information content (AvgIpc) is 2.37. The highest BCUT2D eigenvalue weighted by Gasteiger charge is 2.19. The molecule has 5 nitrogen and oxygen atoms in total. The largest absolute Gasteiger partial charge is 0.383 e. The molecule has 0 bridgehead atoms. The van der Waals surface area contributed by atoms with Crippen LogP contribution in [0.2, 0.25) is 0 Å². The predicted octanol–water partition coefficient (Wildman–Crippen LogP) is 3.37. The molecule has 0 fully saturated rings. The Morgan fingerprint density at radius 3 is 2.63 bits per heavy atom. The van der Waals surface area contributed by atoms with Gasteiger partial charge >= 0.3 is 0 Å². The van der Waals surface area contributed by atoms with Crippen LogP contribution >= 0.6 is 0 Å². The number of nitro groups is 1. The average molecular weight is 274 g/mol. The summed E-state index contributed by atoms with van der Waals surface area (Å²) in [5.74, 6) is 0. The summed E-state index contributed by atoms with van der Waals surface area (Å²) in [5, 5.41) is 13.5. The Morgan fingerprint density at radius 1 is 1.47 bits per heavy atom. The van der Waals surface area contributed by atoms with E-state index in [1.165, 1.54) is 19.2 Å². The fourth-order valence-electron chi connectivity index (χ4n) is 1.66. The molecule has 1 aromatic carbocycles. The van der Waals surface area contributed by atoms with Crippen LogP contribution in [0.3, 0.4) is 0 Å². The van der Waals surface area contributed by atoms with E-state index in [-0.39, 0.29) is 23.0 Å². The molecule has 1 N–H and O–H groups in total. The number of rotatable bonds is 7. The molecule has 1 rings (SSSR count). The third kappa shape index (κ3) is 4.13. The van der Waals surface area contributed by atoms with Crippen molar-refractivity contribution in [2.75, 3.05) is 19.0 Å². The van der Waals surface area contributed by atoms with E-state index >= 15 is 0 Å². The maximum atomic E-state index is 12.9. The Morgan fingerprint density at radius 2 is 2.16 bits per heavy atom. The molecule has 0 aliphatic rings. The molecule has 0 radical (unpaired) electrons. The normalized spacial score (nSPS) is 12.5.